The van der Waals surface area contributed by atoms with Gasteiger partial charge in [-0.1, -0.05) is 0 Å². The summed E-state index contributed by atoms with van der Waals surface area (Å²) in [5.74, 6) is -3.42. The second-order valence-corrected chi connectivity index (χ2v) is 10.5. The molecule has 14 heteroatoms. The summed E-state index contributed by atoms with van der Waals surface area (Å²) in [6.45, 7) is 9.32. The van der Waals surface area contributed by atoms with Crippen LogP contribution < -0.4 is 19.5 Å². The highest BCUT2D eigenvalue weighted by atomic mass is 16.7. The second kappa shape index (κ2) is 12.5. The number of rotatable bonds is 7. The van der Waals surface area contributed by atoms with Crippen molar-refractivity contribution in [3.63, 3.8) is 0 Å². The van der Waals surface area contributed by atoms with E-state index in [2.05, 4.69) is 5.32 Å². The Kier molecular flexibility index (Phi) is 9.56. The molecular weight excluding hydrogens is 546 g/mol. The van der Waals surface area contributed by atoms with Crippen LogP contribution in [0, 0.1) is 0 Å². The minimum absolute atomic E-state index is 0.0898. The van der Waals surface area contributed by atoms with Gasteiger partial charge in [-0.05, 0) is 38.5 Å². The van der Waals surface area contributed by atoms with Crippen molar-refractivity contribution >= 4 is 30.0 Å². The van der Waals surface area contributed by atoms with Crippen LogP contribution in [-0.4, -0.2) is 79.9 Å². The molecule has 0 saturated heterocycles. The molecule has 3 rings (SSSR count). The van der Waals surface area contributed by atoms with Crippen LogP contribution >= 0.6 is 0 Å². The molecule has 0 unspecified atom stereocenters. The van der Waals surface area contributed by atoms with E-state index in [9.17, 15) is 24.0 Å². The third-order valence-electron chi connectivity index (χ3n) is 6.02. The number of ether oxygens (including phenoxy) is 8. The van der Waals surface area contributed by atoms with Crippen LogP contribution in [0.2, 0.25) is 0 Å². The minimum atomic E-state index is -1.50. The van der Waals surface area contributed by atoms with E-state index < -0.39 is 71.9 Å². The Labute approximate surface area is 236 Å². The summed E-state index contributed by atoms with van der Waals surface area (Å²) >= 11 is 0. The average Bonchev–Trinajstić information content (AvgIpc) is 3.29. The molecule has 1 amide bonds. The van der Waals surface area contributed by atoms with Gasteiger partial charge in [-0.25, -0.2) is 4.79 Å². The predicted octanol–water partition coefficient (Wildman–Crippen LogP) is 2.14. The van der Waals surface area contributed by atoms with Crippen molar-refractivity contribution in [3.05, 3.63) is 17.7 Å². The number of benzene rings is 1. The van der Waals surface area contributed by atoms with E-state index >= 15 is 0 Å². The van der Waals surface area contributed by atoms with Crippen molar-refractivity contribution in [2.24, 2.45) is 0 Å². The summed E-state index contributed by atoms with van der Waals surface area (Å²) in [6, 6.07) is 1.86. The van der Waals surface area contributed by atoms with Crippen LogP contribution in [0.5, 0.6) is 17.2 Å². The number of methoxy groups -OCH3 is 1. The monoisotopic (exact) mass is 581 g/mol. The predicted molar refractivity (Wildman–Crippen MR) is 137 cm³/mol. The van der Waals surface area contributed by atoms with Crippen molar-refractivity contribution in [1.29, 1.82) is 0 Å². The fraction of sp³-hybridized carbons (Fsp3) is 0.593. The highest BCUT2D eigenvalue weighted by Gasteiger charge is 2.58. The van der Waals surface area contributed by atoms with E-state index in [0.717, 1.165) is 27.7 Å². The standard InChI is InChI=1S/C27H35NO13/c1-12(29)37-22-19(16-9-17(34-8)21-18(10-16)35-11-36-21)20(28-26(33)41-27(5,6)7)23(38-13(2)30)25(40-15(4)32)24(22)39-14(3)31/h9-10,19-20,22-25H,11H2,1-8H3,(H,28,33)/t19-,20-,22-,23+,24+,25+/m1/s1. The fourth-order valence-corrected chi connectivity index (χ4v) is 4.86. The molecule has 1 aromatic rings. The van der Waals surface area contributed by atoms with Gasteiger partial charge in [0.2, 0.25) is 12.5 Å². The molecule has 2 aliphatic rings. The number of amides is 1. The maximum Gasteiger partial charge on any atom is 0.408 e. The van der Waals surface area contributed by atoms with Gasteiger partial charge in [-0.15, -0.1) is 0 Å². The molecule has 226 valence electrons. The summed E-state index contributed by atoms with van der Waals surface area (Å²) in [5, 5.41) is 2.69. The first kappa shape index (κ1) is 31.3. The van der Waals surface area contributed by atoms with Gasteiger partial charge >= 0.3 is 30.0 Å². The SMILES string of the molecule is COc1cc([C@@H]2[C@@H](NC(=O)OC(C)(C)C)[C@H](OC(C)=O)[C@H](OC(C)=O)[C@@H](OC(C)=O)[C@@H]2OC(C)=O)cc2c1OCO2. The summed E-state index contributed by atoms with van der Waals surface area (Å²) in [6.07, 6.45) is -6.70. The number of hydrogen-bond donors (Lipinski definition) is 1. The molecule has 1 fully saturated rings. The third-order valence-corrected chi connectivity index (χ3v) is 6.02. The smallest absolute Gasteiger partial charge is 0.408 e. The van der Waals surface area contributed by atoms with Crippen LogP contribution in [0.1, 0.15) is 59.9 Å². The number of fused-ring (bicyclic) bond motifs is 1. The topological polar surface area (TPSA) is 171 Å². The minimum Gasteiger partial charge on any atom is -0.493 e. The van der Waals surface area contributed by atoms with E-state index in [1.165, 1.54) is 7.11 Å². The normalized spacial score (nSPS) is 24.9. The summed E-state index contributed by atoms with van der Waals surface area (Å²) in [5.41, 5.74) is -0.563. The van der Waals surface area contributed by atoms with Crippen LogP contribution in [-0.2, 0) is 42.9 Å². The van der Waals surface area contributed by atoms with Gasteiger partial charge in [0.15, 0.2) is 35.9 Å². The molecule has 14 nitrogen and oxygen atoms in total. The maximum atomic E-state index is 13.1. The zero-order valence-electron chi connectivity index (χ0n) is 24.1. The van der Waals surface area contributed by atoms with Crippen LogP contribution in [0.4, 0.5) is 4.79 Å². The number of esters is 4. The maximum absolute atomic E-state index is 13.1. The zero-order chi connectivity index (χ0) is 30.6. The quantitative estimate of drug-likeness (QED) is 0.367. The zero-order valence-corrected chi connectivity index (χ0v) is 24.1. The second-order valence-electron chi connectivity index (χ2n) is 10.5. The number of carbonyl (C=O) groups is 5. The average molecular weight is 582 g/mol. The molecule has 41 heavy (non-hydrogen) atoms. The molecule has 0 aromatic heterocycles. The lowest BCUT2D eigenvalue weighted by molar-refractivity contribution is -0.217. The Balaban J connectivity index is 2.31. The van der Waals surface area contributed by atoms with E-state index in [1.807, 2.05) is 0 Å². The third kappa shape index (κ3) is 7.70. The van der Waals surface area contributed by atoms with Gasteiger partial charge in [0.25, 0.3) is 0 Å². The lowest BCUT2D eigenvalue weighted by Gasteiger charge is -2.48. The van der Waals surface area contributed by atoms with Crippen molar-refractivity contribution in [2.45, 2.75) is 90.4 Å². The van der Waals surface area contributed by atoms with Crippen molar-refractivity contribution in [2.75, 3.05) is 13.9 Å². The van der Waals surface area contributed by atoms with Gasteiger partial charge in [-0.3, -0.25) is 19.2 Å². The molecule has 0 radical (unpaired) electrons. The lowest BCUT2D eigenvalue weighted by Crippen LogP contribution is -2.68. The molecule has 1 aliphatic heterocycles. The van der Waals surface area contributed by atoms with Crippen molar-refractivity contribution in [1.82, 2.24) is 5.32 Å². The Hall–Kier alpha value is -4.23. The first-order chi connectivity index (χ1) is 19.1. The van der Waals surface area contributed by atoms with Crippen LogP contribution in [0.25, 0.3) is 0 Å². The largest absolute Gasteiger partial charge is 0.493 e. The van der Waals surface area contributed by atoms with Gasteiger partial charge in [0, 0.05) is 33.6 Å². The van der Waals surface area contributed by atoms with E-state index in [4.69, 9.17) is 37.9 Å². The molecule has 1 aromatic carbocycles. The van der Waals surface area contributed by atoms with Crippen LogP contribution in [0.15, 0.2) is 12.1 Å². The van der Waals surface area contributed by atoms with E-state index in [0.29, 0.717) is 11.3 Å². The van der Waals surface area contributed by atoms with E-state index in [1.54, 1.807) is 32.9 Å². The molecule has 0 spiro atoms. The molecule has 1 N–H and O–H groups in total. The van der Waals surface area contributed by atoms with Gasteiger partial charge in [0.05, 0.1) is 13.2 Å². The molecule has 6 atom stereocenters. The number of alkyl carbamates (subject to hydrolysis) is 1. The summed E-state index contributed by atoms with van der Waals surface area (Å²) in [4.78, 5) is 62.3. The summed E-state index contributed by atoms with van der Waals surface area (Å²) in [7, 11) is 1.40. The van der Waals surface area contributed by atoms with Gasteiger partial charge in [-0.2, -0.15) is 0 Å². The van der Waals surface area contributed by atoms with Crippen molar-refractivity contribution < 1.29 is 61.9 Å². The highest BCUT2D eigenvalue weighted by Crippen LogP contribution is 2.47. The molecule has 1 saturated carbocycles. The molecule has 0 bridgehead atoms. The first-order valence-electron chi connectivity index (χ1n) is 12.8. The van der Waals surface area contributed by atoms with Gasteiger partial charge in [0.1, 0.15) is 5.60 Å². The number of nitrogens with one attached hydrogen (secondary N) is 1. The molecule has 1 heterocycles. The molecular formula is C27H35NO13. The van der Waals surface area contributed by atoms with Crippen molar-refractivity contribution in [3.8, 4) is 17.2 Å². The Morgan fingerprint density at radius 2 is 1.29 bits per heavy atom. The molecule has 1 aliphatic carbocycles. The number of carbonyl (C=O) groups excluding carboxylic acids is 5. The fourth-order valence-electron chi connectivity index (χ4n) is 4.86. The number of hydrogen-bond acceptors (Lipinski definition) is 13. The highest BCUT2D eigenvalue weighted by molar-refractivity contribution is 5.71. The van der Waals surface area contributed by atoms with E-state index in [-0.39, 0.29) is 18.3 Å². The lowest BCUT2D eigenvalue weighted by atomic mass is 9.72. The Bertz CT molecular complexity index is 1190. The Morgan fingerprint density at radius 1 is 0.780 bits per heavy atom. The summed E-state index contributed by atoms with van der Waals surface area (Å²) < 4.78 is 44.3. The Morgan fingerprint density at radius 3 is 1.80 bits per heavy atom. The first-order valence-corrected chi connectivity index (χ1v) is 12.8. The van der Waals surface area contributed by atoms with Crippen LogP contribution in [0.3, 0.4) is 0 Å². The van der Waals surface area contributed by atoms with Gasteiger partial charge < -0.3 is 43.2 Å².